The number of amides is 1. The minimum Gasteiger partial charge on any atom is -0.480 e. The van der Waals surface area contributed by atoms with Gasteiger partial charge in [0.05, 0.1) is 0 Å². The third-order valence-corrected chi connectivity index (χ3v) is 1.80. The highest BCUT2D eigenvalue weighted by atomic mass is 19.4. The van der Waals surface area contributed by atoms with E-state index in [0.717, 1.165) is 0 Å². The van der Waals surface area contributed by atoms with Crippen LogP contribution in [-0.2, 0) is 9.59 Å². The minimum absolute atomic E-state index is 0.725. The fraction of sp³-hybridized carbons (Fsp3) is 0.667. The van der Waals surface area contributed by atoms with Gasteiger partial charge in [-0.25, -0.2) is 4.79 Å². The molecule has 7 heteroatoms. The van der Waals surface area contributed by atoms with Crippen molar-refractivity contribution < 1.29 is 27.9 Å². The van der Waals surface area contributed by atoms with Gasteiger partial charge in [0.15, 0.2) is 0 Å². The molecule has 2 atom stereocenters. The lowest BCUT2D eigenvalue weighted by atomic mass is 10.1. The first-order valence-electron chi connectivity index (χ1n) is 3.42. The number of hydrogen-bond acceptors (Lipinski definition) is 2. The van der Waals surface area contributed by atoms with E-state index in [9.17, 15) is 22.8 Å². The zero-order chi connectivity index (χ0) is 10.2. The van der Waals surface area contributed by atoms with Gasteiger partial charge in [0.1, 0.15) is 12.0 Å². The molecule has 1 fully saturated rings. The summed E-state index contributed by atoms with van der Waals surface area (Å²) in [6, 6.07) is -1.42. The average molecular weight is 197 g/mol. The molecule has 1 aliphatic rings. The maximum Gasteiger partial charge on any atom is 0.400 e. The molecule has 0 aliphatic carbocycles. The van der Waals surface area contributed by atoms with E-state index in [4.69, 9.17) is 5.11 Å². The van der Waals surface area contributed by atoms with Crippen molar-refractivity contribution >= 4 is 11.9 Å². The van der Waals surface area contributed by atoms with Crippen LogP contribution in [0.4, 0.5) is 13.2 Å². The van der Waals surface area contributed by atoms with E-state index in [-0.39, 0.29) is 0 Å². The van der Waals surface area contributed by atoms with Crippen LogP contribution in [0.5, 0.6) is 0 Å². The summed E-state index contributed by atoms with van der Waals surface area (Å²) in [5.74, 6) is -4.89. The molecule has 1 rings (SSSR count). The first-order chi connectivity index (χ1) is 5.82. The number of carboxylic acids is 1. The Morgan fingerprint density at radius 2 is 2.08 bits per heavy atom. The molecule has 74 valence electrons. The summed E-state index contributed by atoms with van der Waals surface area (Å²) in [5.41, 5.74) is 0. The number of hydrogen-bond donors (Lipinski definition) is 2. The van der Waals surface area contributed by atoms with E-state index in [1.807, 2.05) is 0 Å². The van der Waals surface area contributed by atoms with Crippen molar-refractivity contribution in [2.24, 2.45) is 5.92 Å². The molecule has 0 spiro atoms. The van der Waals surface area contributed by atoms with Gasteiger partial charge in [-0.2, -0.15) is 13.2 Å². The summed E-state index contributed by atoms with van der Waals surface area (Å²) in [4.78, 5) is 20.9. The smallest absolute Gasteiger partial charge is 0.400 e. The Hall–Kier alpha value is -1.27. The standard InChI is InChI=1S/C6H6F3NO3/c7-6(8,9)2-1-3(5(12)13)10-4(2)11/h2-3H,1H2,(H,10,11)(H,12,13)/t2-,3-/m0/s1. The van der Waals surface area contributed by atoms with Gasteiger partial charge >= 0.3 is 12.1 Å². The molecule has 0 aromatic heterocycles. The Morgan fingerprint density at radius 3 is 2.31 bits per heavy atom. The van der Waals surface area contributed by atoms with Gasteiger partial charge in [0.25, 0.3) is 0 Å². The molecule has 1 heterocycles. The number of alkyl halides is 3. The quantitative estimate of drug-likeness (QED) is 0.628. The van der Waals surface area contributed by atoms with Gasteiger partial charge in [0.2, 0.25) is 5.91 Å². The van der Waals surface area contributed by atoms with Crippen molar-refractivity contribution in [3.8, 4) is 0 Å². The largest absolute Gasteiger partial charge is 0.480 e. The molecular formula is C6H6F3NO3. The summed E-state index contributed by atoms with van der Waals surface area (Å²) in [6.45, 7) is 0. The molecule has 0 bridgehead atoms. The van der Waals surface area contributed by atoms with E-state index >= 15 is 0 Å². The Balaban J connectivity index is 2.73. The zero-order valence-corrected chi connectivity index (χ0v) is 6.26. The van der Waals surface area contributed by atoms with E-state index in [2.05, 4.69) is 0 Å². The molecule has 1 aliphatic heterocycles. The fourth-order valence-electron chi connectivity index (χ4n) is 1.12. The van der Waals surface area contributed by atoms with E-state index in [1.165, 1.54) is 0 Å². The average Bonchev–Trinajstić information content (AvgIpc) is 2.29. The first kappa shape index (κ1) is 9.82. The third-order valence-electron chi connectivity index (χ3n) is 1.80. The molecule has 4 nitrogen and oxygen atoms in total. The number of carbonyl (C=O) groups excluding carboxylic acids is 1. The van der Waals surface area contributed by atoms with Gasteiger partial charge in [-0.05, 0) is 6.42 Å². The van der Waals surface area contributed by atoms with Crippen LogP contribution in [-0.4, -0.2) is 29.2 Å². The van der Waals surface area contributed by atoms with Gasteiger partial charge in [-0.15, -0.1) is 0 Å². The predicted octanol–water partition coefficient (Wildman–Crippen LogP) is 0.138. The molecule has 2 N–H and O–H groups in total. The summed E-state index contributed by atoms with van der Waals surface area (Å²) >= 11 is 0. The van der Waals surface area contributed by atoms with Crippen LogP contribution < -0.4 is 5.32 Å². The zero-order valence-electron chi connectivity index (χ0n) is 6.26. The van der Waals surface area contributed by atoms with Crippen LogP contribution in [0.3, 0.4) is 0 Å². The van der Waals surface area contributed by atoms with E-state index in [0.29, 0.717) is 0 Å². The number of carbonyl (C=O) groups is 2. The van der Waals surface area contributed by atoms with Crippen molar-refractivity contribution in [1.29, 1.82) is 0 Å². The molecule has 0 aromatic carbocycles. The van der Waals surface area contributed by atoms with Gasteiger partial charge in [-0.1, -0.05) is 0 Å². The van der Waals surface area contributed by atoms with Crippen LogP contribution in [0.25, 0.3) is 0 Å². The van der Waals surface area contributed by atoms with Crippen LogP contribution >= 0.6 is 0 Å². The minimum atomic E-state index is -4.66. The normalized spacial score (nSPS) is 28.7. The summed E-state index contributed by atoms with van der Waals surface area (Å²) in [5, 5.41) is 10.1. The van der Waals surface area contributed by atoms with Crippen LogP contribution in [0.2, 0.25) is 0 Å². The Morgan fingerprint density at radius 1 is 1.54 bits per heavy atom. The molecule has 0 unspecified atom stereocenters. The maximum absolute atomic E-state index is 12.0. The monoisotopic (exact) mass is 197 g/mol. The topological polar surface area (TPSA) is 66.4 Å². The predicted molar refractivity (Wildman–Crippen MR) is 33.7 cm³/mol. The van der Waals surface area contributed by atoms with Gasteiger partial charge in [-0.3, -0.25) is 4.79 Å². The Kier molecular flexibility index (Phi) is 2.19. The number of rotatable bonds is 1. The fourth-order valence-corrected chi connectivity index (χ4v) is 1.12. The SMILES string of the molecule is O=C(O)[C@@H]1C[C@H](C(F)(F)F)C(=O)N1. The Labute approximate surface area is 70.7 Å². The molecule has 0 saturated carbocycles. The second-order valence-electron chi connectivity index (χ2n) is 2.73. The highest BCUT2D eigenvalue weighted by Gasteiger charge is 2.51. The highest BCUT2D eigenvalue weighted by molar-refractivity contribution is 5.89. The van der Waals surface area contributed by atoms with Crippen LogP contribution in [0.15, 0.2) is 0 Å². The summed E-state index contributed by atoms with van der Waals surface area (Å²) in [7, 11) is 0. The van der Waals surface area contributed by atoms with Gasteiger partial charge in [0, 0.05) is 0 Å². The molecule has 0 aromatic rings. The van der Waals surface area contributed by atoms with E-state index < -0.39 is 36.4 Å². The van der Waals surface area contributed by atoms with Crippen molar-refractivity contribution in [2.75, 3.05) is 0 Å². The number of nitrogens with one attached hydrogen (secondary N) is 1. The van der Waals surface area contributed by atoms with Crippen LogP contribution in [0, 0.1) is 5.92 Å². The second-order valence-corrected chi connectivity index (χ2v) is 2.73. The maximum atomic E-state index is 12.0. The number of carboxylic acid groups (broad SMARTS) is 1. The molecular weight excluding hydrogens is 191 g/mol. The third kappa shape index (κ3) is 1.90. The van der Waals surface area contributed by atoms with Crippen molar-refractivity contribution in [1.82, 2.24) is 5.32 Å². The van der Waals surface area contributed by atoms with Crippen molar-refractivity contribution in [2.45, 2.75) is 18.6 Å². The Bertz CT molecular complexity index is 250. The summed E-state index contributed by atoms with van der Waals surface area (Å²) in [6.07, 6.45) is -5.38. The van der Waals surface area contributed by atoms with E-state index in [1.54, 1.807) is 5.32 Å². The first-order valence-corrected chi connectivity index (χ1v) is 3.42. The van der Waals surface area contributed by atoms with Crippen molar-refractivity contribution in [3.63, 3.8) is 0 Å². The van der Waals surface area contributed by atoms with Crippen molar-refractivity contribution in [3.05, 3.63) is 0 Å². The lowest BCUT2D eigenvalue weighted by Crippen LogP contribution is -2.34. The van der Waals surface area contributed by atoms with Crippen LogP contribution in [0.1, 0.15) is 6.42 Å². The van der Waals surface area contributed by atoms with Gasteiger partial charge < -0.3 is 10.4 Å². The molecule has 1 saturated heterocycles. The number of aliphatic carboxylic acids is 1. The molecule has 13 heavy (non-hydrogen) atoms. The summed E-state index contributed by atoms with van der Waals surface area (Å²) < 4.78 is 36.0. The second kappa shape index (κ2) is 2.90. The number of halogens is 3. The lowest BCUT2D eigenvalue weighted by Gasteiger charge is -2.10. The highest BCUT2D eigenvalue weighted by Crippen LogP contribution is 2.33. The molecule has 1 amide bonds. The lowest BCUT2D eigenvalue weighted by molar-refractivity contribution is -0.178. The molecule has 0 radical (unpaired) electrons.